The minimum absolute atomic E-state index is 0.0102. The van der Waals surface area contributed by atoms with E-state index < -0.39 is 22.7 Å². The van der Waals surface area contributed by atoms with Gasteiger partial charge in [-0.25, -0.2) is 4.98 Å². The van der Waals surface area contributed by atoms with E-state index in [9.17, 15) is 4.79 Å². The molecular formula is C28H41NO4Si2. The Balaban J connectivity index is 2.31. The Labute approximate surface area is 213 Å². The standard InChI is InChI=1S/C28H41NO4Si2/c1-27(2,3)34(7,8)32-25-22(20-14-12-11-13-15-20)18-29-26(33-35(9,10)28(4,5)6)24(25)23-17-16-21(30)19-31-23/h11-18,23H,19H2,1-10H3/t23-/m1/s1. The van der Waals surface area contributed by atoms with Gasteiger partial charge in [0.2, 0.25) is 5.88 Å². The van der Waals surface area contributed by atoms with Gasteiger partial charge in [0.15, 0.2) is 5.78 Å². The Hall–Kier alpha value is -2.23. The van der Waals surface area contributed by atoms with Gasteiger partial charge in [0.25, 0.3) is 16.6 Å². The van der Waals surface area contributed by atoms with E-state index in [0.717, 1.165) is 22.4 Å². The molecule has 0 aliphatic carbocycles. The maximum atomic E-state index is 11.9. The molecule has 0 bridgehead atoms. The number of carbonyl (C=O) groups is 1. The van der Waals surface area contributed by atoms with Crippen LogP contribution in [0.25, 0.3) is 11.1 Å². The van der Waals surface area contributed by atoms with Gasteiger partial charge in [-0.05, 0) is 54.0 Å². The van der Waals surface area contributed by atoms with E-state index in [4.69, 9.17) is 18.6 Å². The first-order valence-corrected chi connectivity index (χ1v) is 18.1. The molecule has 5 nitrogen and oxygen atoms in total. The first-order valence-electron chi connectivity index (χ1n) is 12.3. The van der Waals surface area contributed by atoms with Crippen LogP contribution in [0.15, 0.2) is 48.7 Å². The lowest BCUT2D eigenvalue weighted by molar-refractivity contribution is -0.121. The summed E-state index contributed by atoms with van der Waals surface area (Å²) in [7, 11) is -4.48. The molecule has 3 rings (SSSR count). The van der Waals surface area contributed by atoms with E-state index in [2.05, 4.69) is 79.9 Å². The first-order chi connectivity index (χ1) is 16.0. The van der Waals surface area contributed by atoms with E-state index in [1.54, 1.807) is 12.2 Å². The van der Waals surface area contributed by atoms with Crippen LogP contribution in [0.5, 0.6) is 11.6 Å². The lowest BCUT2D eigenvalue weighted by Gasteiger charge is -2.40. The van der Waals surface area contributed by atoms with Crippen LogP contribution in [0.2, 0.25) is 36.3 Å². The highest BCUT2D eigenvalue weighted by atomic mass is 28.4. The fraction of sp³-hybridized carbons (Fsp3) is 0.500. The molecule has 0 amide bonds. The Bertz CT molecular complexity index is 1100. The summed E-state index contributed by atoms with van der Waals surface area (Å²) in [5, 5.41) is -0.0229. The van der Waals surface area contributed by atoms with Gasteiger partial charge in [-0.3, -0.25) is 4.79 Å². The molecule has 0 radical (unpaired) electrons. The van der Waals surface area contributed by atoms with Crippen molar-refractivity contribution in [2.45, 2.75) is 83.9 Å². The third kappa shape index (κ3) is 5.96. The number of ketones is 1. The molecule has 0 saturated carbocycles. The lowest BCUT2D eigenvalue weighted by Crippen LogP contribution is -2.45. The van der Waals surface area contributed by atoms with Gasteiger partial charge < -0.3 is 13.6 Å². The number of ether oxygens (including phenoxy) is 1. The second-order valence-electron chi connectivity index (χ2n) is 12.4. The highest BCUT2D eigenvalue weighted by Gasteiger charge is 2.43. The second-order valence-corrected chi connectivity index (χ2v) is 21.8. The molecule has 190 valence electrons. The molecule has 7 heteroatoms. The molecule has 2 heterocycles. The molecule has 0 unspecified atom stereocenters. The quantitative estimate of drug-likeness (QED) is 0.372. The van der Waals surface area contributed by atoms with E-state index in [1.165, 1.54) is 0 Å². The summed E-state index contributed by atoms with van der Waals surface area (Å²) in [6, 6.07) is 10.2. The van der Waals surface area contributed by atoms with Crippen molar-refractivity contribution in [2.75, 3.05) is 6.61 Å². The lowest BCUT2D eigenvalue weighted by atomic mass is 10.00. The van der Waals surface area contributed by atoms with Crippen molar-refractivity contribution in [3.05, 3.63) is 54.2 Å². The summed E-state index contributed by atoms with van der Waals surface area (Å²) in [6.45, 7) is 22.2. The van der Waals surface area contributed by atoms with Crippen LogP contribution in [0.3, 0.4) is 0 Å². The summed E-state index contributed by atoms with van der Waals surface area (Å²) in [4.78, 5) is 16.8. The van der Waals surface area contributed by atoms with Gasteiger partial charge in [0, 0.05) is 11.8 Å². The van der Waals surface area contributed by atoms with Gasteiger partial charge >= 0.3 is 0 Å². The van der Waals surface area contributed by atoms with Crippen molar-refractivity contribution < 1.29 is 18.4 Å². The summed E-state index contributed by atoms with van der Waals surface area (Å²) < 4.78 is 19.9. The number of carbonyl (C=O) groups excluding carboxylic acids is 1. The minimum atomic E-state index is -2.26. The van der Waals surface area contributed by atoms with Crippen molar-refractivity contribution in [1.82, 2.24) is 4.98 Å². The van der Waals surface area contributed by atoms with Crippen molar-refractivity contribution in [3.63, 3.8) is 0 Å². The van der Waals surface area contributed by atoms with E-state index in [-0.39, 0.29) is 22.5 Å². The summed E-state index contributed by atoms with van der Waals surface area (Å²) in [5.74, 6) is 1.23. The number of aromatic nitrogens is 1. The molecular weight excluding hydrogens is 470 g/mol. The fourth-order valence-corrected chi connectivity index (χ4v) is 5.20. The van der Waals surface area contributed by atoms with Gasteiger partial charge in [0.05, 0.1) is 5.56 Å². The number of pyridine rings is 1. The third-order valence-corrected chi connectivity index (χ3v) is 16.2. The average Bonchev–Trinajstić information content (AvgIpc) is 2.73. The van der Waals surface area contributed by atoms with Crippen molar-refractivity contribution in [1.29, 1.82) is 0 Å². The van der Waals surface area contributed by atoms with Crippen LogP contribution in [0, 0.1) is 0 Å². The summed E-state index contributed by atoms with van der Waals surface area (Å²) >= 11 is 0. The third-order valence-electron chi connectivity index (χ3n) is 7.58. The van der Waals surface area contributed by atoms with Crippen molar-refractivity contribution >= 4 is 22.4 Å². The topological polar surface area (TPSA) is 57.7 Å². The largest absolute Gasteiger partial charge is 0.543 e. The molecule has 2 aromatic rings. The highest BCUT2D eigenvalue weighted by molar-refractivity contribution is 6.75. The number of rotatable bonds is 6. The van der Waals surface area contributed by atoms with Crippen LogP contribution >= 0.6 is 0 Å². The van der Waals surface area contributed by atoms with Crippen LogP contribution in [0.1, 0.15) is 53.2 Å². The molecule has 1 aliphatic heterocycles. The highest BCUT2D eigenvalue weighted by Crippen LogP contribution is 2.48. The van der Waals surface area contributed by atoms with E-state index in [1.807, 2.05) is 24.4 Å². The number of hydrogen-bond donors (Lipinski definition) is 0. The Morgan fingerprint density at radius 2 is 1.49 bits per heavy atom. The molecule has 0 spiro atoms. The molecule has 35 heavy (non-hydrogen) atoms. The van der Waals surface area contributed by atoms with Crippen molar-refractivity contribution in [2.24, 2.45) is 0 Å². The normalized spacial score (nSPS) is 17.4. The van der Waals surface area contributed by atoms with Gasteiger partial charge in [-0.15, -0.1) is 0 Å². The first kappa shape index (κ1) is 27.4. The fourth-order valence-electron chi connectivity index (χ4n) is 3.21. The second kappa shape index (κ2) is 9.67. The Morgan fingerprint density at radius 3 is 2.00 bits per heavy atom. The zero-order chi connectivity index (χ0) is 26.2. The predicted octanol–water partition coefficient (Wildman–Crippen LogP) is 7.71. The number of hydrogen-bond acceptors (Lipinski definition) is 5. The zero-order valence-corrected chi connectivity index (χ0v) is 25.0. The van der Waals surface area contributed by atoms with Crippen LogP contribution in [-0.4, -0.2) is 34.0 Å². The monoisotopic (exact) mass is 511 g/mol. The van der Waals surface area contributed by atoms with Crippen LogP contribution in [0.4, 0.5) is 0 Å². The molecule has 1 aromatic carbocycles. The SMILES string of the molecule is CC(C)(C)[Si](C)(C)Oc1ncc(-c2ccccc2)c(O[Si](C)(C)C(C)(C)C)c1[C@H]1C=CC(=O)CO1. The maximum Gasteiger partial charge on any atom is 0.252 e. The zero-order valence-electron chi connectivity index (χ0n) is 23.0. The average molecular weight is 512 g/mol. The van der Waals surface area contributed by atoms with Gasteiger partial charge in [-0.1, -0.05) is 71.9 Å². The Kier molecular flexibility index (Phi) is 7.56. The maximum absolute atomic E-state index is 11.9. The summed E-state index contributed by atoms with van der Waals surface area (Å²) in [5.41, 5.74) is 2.69. The van der Waals surface area contributed by atoms with Crippen molar-refractivity contribution in [3.8, 4) is 22.8 Å². The minimum Gasteiger partial charge on any atom is -0.543 e. The van der Waals surface area contributed by atoms with E-state index in [0.29, 0.717) is 5.88 Å². The number of benzene rings is 1. The number of nitrogens with zero attached hydrogens (tertiary/aromatic N) is 1. The molecule has 0 saturated heterocycles. The van der Waals surface area contributed by atoms with Gasteiger partial charge in [0.1, 0.15) is 18.5 Å². The van der Waals surface area contributed by atoms with Gasteiger partial charge in [-0.2, -0.15) is 0 Å². The molecule has 0 N–H and O–H groups in total. The molecule has 1 aliphatic rings. The predicted molar refractivity (Wildman–Crippen MR) is 148 cm³/mol. The van der Waals surface area contributed by atoms with Crippen LogP contribution in [-0.2, 0) is 9.53 Å². The summed E-state index contributed by atoms with van der Waals surface area (Å²) in [6.07, 6.45) is 4.77. The Morgan fingerprint density at radius 1 is 0.914 bits per heavy atom. The molecule has 0 fully saturated rings. The smallest absolute Gasteiger partial charge is 0.252 e. The molecule has 1 aromatic heterocycles. The van der Waals surface area contributed by atoms with E-state index >= 15 is 0 Å². The molecule has 1 atom stereocenters. The van der Waals surface area contributed by atoms with Crippen LogP contribution < -0.4 is 8.85 Å².